The smallest absolute Gasteiger partial charge is 0.383 e. The molecule has 0 heterocycles. The van der Waals surface area contributed by atoms with Crippen LogP contribution in [0.3, 0.4) is 0 Å². The van der Waals surface area contributed by atoms with Gasteiger partial charge in [0.2, 0.25) is 0 Å². The Morgan fingerprint density at radius 1 is 1.09 bits per heavy atom. The van der Waals surface area contributed by atoms with Crippen molar-refractivity contribution in [1.82, 2.24) is 0 Å². The third kappa shape index (κ3) is 4.10. The molecule has 0 saturated heterocycles. The molecular formula is C15H13F3N2O2S. The van der Waals surface area contributed by atoms with Crippen molar-refractivity contribution >= 4 is 15.9 Å². The van der Waals surface area contributed by atoms with E-state index in [1.165, 1.54) is 18.2 Å². The summed E-state index contributed by atoms with van der Waals surface area (Å²) in [4.78, 5) is -0.0852. The largest absolute Gasteiger partial charge is 0.416 e. The van der Waals surface area contributed by atoms with Crippen molar-refractivity contribution < 1.29 is 21.6 Å². The quantitative estimate of drug-likeness (QED) is 0.688. The van der Waals surface area contributed by atoms with Crippen molar-refractivity contribution in [3.63, 3.8) is 0 Å². The van der Waals surface area contributed by atoms with Crippen LogP contribution >= 0.6 is 0 Å². The Balaban J connectivity index is 2.41. The first kappa shape index (κ1) is 17.0. The van der Waals surface area contributed by atoms with Crippen LogP contribution in [0.2, 0.25) is 0 Å². The van der Waals surface area contributed by atoms with Crippen molar-refractivity contribution in [3.05, 3.63) is 65.2 Å². The molecule has 8 heteroatoms. The second kappa shape index (κ2) is 6.04. The number of nitrogens with two attached hydrogens (primary N) is 1. The number of rotatable bonds is 3. The first-order valence-corrected chi connectivity index (χ1v) is 7.88. The zero-order valence-corrected chi connectivity index (χ0v) is 12.8. The predicted octanol–water partition coefficient (Wildman–Crippen LogP) is 3.11. The van der Waals surface area contributed by atoms with Crippen molar-refractivity contribution in [2.75, 3.05) is 0 Å². The van der Waals surface area contributed by atoms with Crippen LogP contribution < -0.4 is 5.73 Å². The fourth-order valence-corrected chi connectivity index (χ4v) is 2.75. The van der Waals surface area contributed by atoms with E-state index in [-0.39, 0.29) is 10.5 Å². The Hall–Kier alpha value is -2.35. The molecule has 2 rings (SSSR count). The normalized spacial score (nSPS) is 13.1. The summed E-state index contributed by atoms with van der Waals surface area (Å²) in [7, 11) is -4.09. The maximum atomic E-state index is 12.7. The highest BCUT2D eigenvalue weighted by Gasteiger charge is 2.30. The highest BCUT2D eigenvalue weighted by atomic mass is 32.2. The molecule has 2 aromatic carbocycles. The molecule has 23 heavy (non-hydrogen) atoms. The summed E-state index contributed by atoms with van der Waals surface area (Å²) >= 11 is 0. The van der Waals surface area contributed by atoms with Crippen molar-refractivity contribution in [3.8, 4) is 0 Å². The van der Waals surface area contributed by atoms with Gasteiger partial charge in [-0.3, -0.25) is 0 Å². The fourth-order valence-electron chi connectivity index (χ4n) is 1.80. The van der Waals surface area contributed by atoms with E-state index in [1.807, 2.05) is 0 Å². The van der Waals surface area contributed by atoms with Gasteiger partial charge in [-0.15, -0.1) is 4.40 Å². The molecule has 2 N–H and O–H groups in total. The average molecular weight is 342 g/mol. The van der Waals surface area contributed by atoms with Crippen LogP contribution in [-0.4, -0.2) is 14.3 Å². The number of sulfonamides is 1. The minimum absolute atomic E-state index is 0.0852. The lowest BCUT2D eigenvalue weighted by molar-refractivity contribution is -0.137. The van der Waals surface area contributed by atoms with E-state index in [2.05, 4.69) is 4.40 Å². The Kier molecular flexibility index (Phi) is 4.46. The second-order valence-electron chi connectivity index (χ2n) is 4.84. The minimum atomic E-state index is -4.55. The standard InChI is InChI=1S/C15H13F3N2O2S/c1-10-5-7-13(8-6-10)23(21,22)20-14(19)11-3-2-4-12(9-11)15(16,17)18/h2-9H,1H3,(H2,19,20). The third-order valence-electron chi connectivity index (χ3n) is 3.02. The van der Waals surface area contributed by atoms with Gasteiger partial charge in [-0.2, -0.15) is 21.6 Å². The van der Waals surface area contributed by atoms with E-state index in [0.29, 0.717) is 0 Å². The first-order chi connectivity index (χ1) is 10.6. The molecule has 0 aliphatic carbocycles. The molecule has 0 atom stereocenters. The predicted molar refractivity (Wildman–Crippen MR) is 80.5 cm³/mol. The number of halogens is 3. The number of benzene rings is 2. The number of alkyl halides is 3. The molecule has 0 aromatic heterocycles. The van der Waals surface area contributed by atoms with Gasteiger partial charge in [-0.05, 0) is 31.2 Å². The third-order valence-corrected chi connectivity index (χ3v) is 4.33. The van der Waals surface area contributed by atoms with Gasteiger partial charge in [-0.25, -0.2) is 0 Å². The Morgan fingerprint density at radius 3 is 2.26 bits per heavy atom. The molecule has 0 spiro atoms. The van der Waals surface area contributed by atoms with E-state index >= 15 is 0 Å². The van der Waals surface area contributed by atoms with Crippen molar-refractivity contribution in [2.24, 2.45) is 10.1 Å². The number of hydrogen-bond acceptors (Lipinski definition) is 2. The molecule has 0 unspecified atom stereocenters. The molecule has 0 amide bonds. The average Bonchev–Trinajstić information content (AvgIpc) is 2.46. The van der Waals surface area contributed by atoms with E-state index in [4.69, 9.17) is 5.73 Å². The summed E-state index contributed by atoms with van der Waals surface area (Å²) in [5, 5.41) is 0. The van der Waals surface area contributed by atoms with Crippen LogP contribution in [0.1, 0.15) is 16.7 Å². The summed E-state index contributed by atoms with van der Waals surface area (Å²) in [5.74, 6) is -0.503. The van der Waals surface area contributed by atoms with E-state index < -0.39 is 27.6 Å². The number of aryl methyl sites for hydroxylation is 1. The second-order valence-corrected chi connectivity index (χ2v) is 6.45. The lowest BCUT2D eigenvalue weighted by Crippen LogP contribution is -2.17. The lowest BCUT2D eigenvalue weighted by Gasteiger charge is -2.08. The minimum Gasteiger partial charge on any atom is -0.383 e. The van der Waals surface area contributed by atoms with E-state index in [0.717, 1.165) is 23.8 Å². The summed E-state index contributed by atoms with van der Waals surface area (Å²) in [6, 6.07) is 9.90. The number of hydrogen-bond donors (Lipinski definition) is 1. The zero-order chi connectivity index (χ0) is 17.3. The molecular weight excluding hydrogens is 329 g/mol. The SMILES string of the molecule is Cc1ccc(S(=O)(=O)N=C(N)c2cccc(C(F)(F)F)c2)cc1. The van der Waals surface area contributed by atoms with Gasteiger partial charge in [0.05, 0.1) is 10.5 Å². The van der Waals surface area contributed by atoms with Crippen LogP contribution in [0.4, 0.5) is 13.2 Å². The van der Waals surface area contributed by atoms with Crippen molar-refractivity contribution in [2.45, 2.75) is 18.0 Å². The maximum Gasteiger partial charge on any atom is 0.416 e. The molecule has 0 bridgehead atoms. The topological polar surface area (TPSA) is 72.5 Å². The summed E-state index contributed by atoms with van der Waals surface area (Å²) < 4.78 is 65.7. The molecule has 0 aliphatic heterocycles. The highest BCUT2D eigenvalue weighted by molar-refractivity contribution is 7.90. The van der Waals surface area contributed by atoms with Crippen LogP contribution in [0.25, 0.3) is 0 Å². The molecule has 4 nitrogen and oxygen atoms in total. The van der Waals surface area contributed by atoms with Crippen LogP contribution in [0.5, 0.6) is 0 Å². The van der Waals surface area contributed by atoms with Gasteiger partial charge in [0, 0.05) is 5.56 Å². The lowest BCUT2D eigenvalue weighted by atomic mass is 10.1. The molecule has 122 valence electrons. The Labute approximate surface area is 131 Å². The van der Waals surface area contributed by atoms with Gasteiger partial charge in [0.15, 0.2) is 0 Å². The van der Waals surface area contributed by atoms with Crippen LogP contribution in [0, 0.1) is 6.92 Å². The fraction of sp³-hybridized carbons (Fsp3) is 0.133. The van der Waals surface area contributed by atoms with Gasteiger partial charge >= 0.3 is 6.18 Å². The summed E-state index contributed by atoms with van der Waals surface area (Å²) in [6.45, 7) is 1.79. The Bertz CT molecular complexity index is 842. The van der Waals surface area contributed by atoms with E-state index in [9.17, 15) is 21.6 Å². The van der Waals surface area contributed by atoms with E-state index in [1.54, 1.807) is 19.1 Å². The Morgan fingerprint density at radius 2 is 1.70 bits per heavy atom. The first-order valence-electron chi connectivity index (χ1n) is 6.44. The van der Waals surface area contributed by atoms with Gasteiger partial charge in [0.1, 0.15) is 5.84 Å². The number of amidine groups is 1. The molecule has 0 saturated carbocycles. The summed E-state index contributed by atoms with van der Waals surface area (Å²) in [6.07, 6.45) is -4.55. The molecule has 0 fully saturated rings. The van der Waals surface area contributed by atoms with Gasteiger partial charge < -0.3 is 5.73 Å². The molecule has 0 radical (unpaired) electrons. The zero-order valence-electron chi connectivity index (χ0n) is 12.0. The van der Waals surface area contributed by atoms with Crippen LogP contribution in [-0.2, 0) is 16.2 Å². The molecule has 0 aliphatic rings. The van der Waals surface area contributed by atoms with Crippen LogP contribution in [0.15, 0.2) is 57.8 Å². The monoisotopic (exact) mass is 342 g/mol. The molecule has 2 aromatic rings. The summed E-state index contributed by atoms with van der Waals surface area (Å²) in [5.41, 5.74) is 5.38. The van der Waals surface area contributed by atoms with Gasteiger partial charge in [-0.1, -0.05) is 29.8 Å². The van der Waals surface area contributed by atoms with Crippen molar-refractivity contribution in [1.29, 1.82) is 0 Å². The van der Waals surface area contributed by atoms with Gasteiger partial charge in [0.25, 0.3) is 10.0 Å². The highest BCUT2D eigenvalue weighted by Crippen LogP contribution is 2.29. The maximum absolute atomic E-state index is 12.7. The number of nitrogens with zero attached hydrogens (tertiary/aromatic N) is 1.